The third kappa shape index (κ3) is 1.94. The summed E-state index contributed by atoms with van der Waals surface area (Å²) >= 11 is 0. The zero-order chi connectivity index (χ0) is 8.97. The Labute approximate surface area is 71.1 Å². The molecule has 0 aromatic heterocycles. The van der Waals surface area contributed by atoms with E-state index in [0.29, 0.717) is 13.1 Å². The van der Waals surface area contributed by atoms with Crippen LogP contribution in [0.4, 0.5) is 4.79 Å². The smallest absolute Gasteiger partial charge is 0.324 e. The molecule has 1 rings (SSSR count). The molecule has 0 atom stereocenters. The van der Waals surface area contributed by atoms with Gasteiger partial charge in [0.1, 0.15) is 0 Å². The molecule has 1 aliphatic heterocycles. The summed E-state index contributed by atoms with van der Waals surface area (Å²) in [6, 6.07) is -0.280. The highest BCUT2D eigenvalue weighted by atomic mass is 16.2. The van der Waals surface area contributed by atoms with Gasteiger partial charge in [-0.2, -0.15) is 0 Å². The molecule has 1 aliphatic rings. The van der Waals surface area contributed by atoms with E-state index in [1.807, 2.05) is 6.92 Å². The summed E-state index contributed by atoms with van der Waals surface area (Å²) in [5.74, 6) is -0.141. The van der Waals surface area contributed by atoms with Crippen molar-refractivity contribution in [2.24, 2.45) is 0 Å². The van der Waals surface area contributed by atoms with Gasteiger partial charge in [-0.25, -0.2) is 4.79 Å². The van der Waals surface area contributed by atoms with E-state index in [1.165, 1.54) is 4.90 Å². The fourth-order valence-corrected chi connectivity index (χ4v) is 1.05. The third-order valence-electron chi connectivity index (χ3n) is 1.70. The molecule has 68 valence electrons. The molecule has 0 unspecified atom stereocenters. The molecule has 0 saturated carbocycles. The van der Waals surface area contributed by atoms with Crippen LogP contribution in [-0.4, -0.2) is 43.0 Å². The Balaban J connectivity index is 2.30. The zero-order valence-corrected chi connectivity index (χ0v) is 7.09. The fraction of sp³-hybridized carbons (Fsp3) is 0.714. The number of rotatable bonds is 4. The van der Waals surface area contributed by atoms with Crippen LogP contribution in [0, 0.1) is 0 Å². The molecule has 12 heavy (non-hydrogen) atoms. The van der Waals surface area contributed by atoms with Crippen LogP contribution in [0.5, 0.6) is 0 Å². The second kappa shape index (κ2) is 4.06. The molecule has 0 spiro atoms. The van der Waals surface area contributed by atoms with Gasteiger partial charge in [-0.05, 0) is 6.54 Å². The fourth-order valence-electron chi connectivity index (χ4n) is 1.05. The molecule has 3 amide bonds. The topological polar surface area (TPSA) is 61.4 Å². The van der Waals surface area contributed by atoms with Crippen LogP contribution in [0.3, 0.4) is 0 Å². The number of nitrogens with one attached hydrogen (secondary N) is 2. The molecule has 5 nitrogen and oxygen atoms in total. The van der Waals surface area contributed by atoms with Gasteiger partial charge < -0.3 is 10.6 Å². The number of carbonyl (C=O) groups is 2. The van der Waals surface area contributed by atoms with Crippen molar-refractivity contribution in [3.8, 4) is 0 Å². The minimum Gasteiger partial charge on any atom is -0.329 e. The van der Waals surface area contributed by atoms with Gasteiger partial charge >= 0.3 is 6.03 Å². The molecule has 0 radical (unpaired) electrons. The Morgan fingerprint density at radius 2 is 2.33 bits per heavy atom. The number of hydrogen-bond acceptors (Lipinski definition) is 3. The molecule has 1 heterocycles. The summed E-state index contributed by atoms with van der Waals surface area (Å²) < 4.78 is 0. The highest BCUT2D eigenvalue weighted by Crippen LogP contribution is 1.96. The lowest BCUT2D eigenvalue weighted by atomic mass is 10.5. The van der Waals surface area contributed by atoms with Crippen molar-refractivity contribution in [2.75, 3.05) is 26.2 Å². The first-order chi connectivity index (χ1) is 5.75. The summed E-state index contributed by atoms with van der Waals surface area (Å²) in [4.78, 5) is 23.2. The number of hydrogen-bond donors (Lipinski definition) is 2. The van der Waals surface area contributed by atoms with Crippen LogP contribution in [0.1, 0.15) is 6.92 Å². The largest absolute Gasteiger partial charge is 0.329 e. The Bertz CT molecular complexity index is 177. The number of amides is 3. The predicted octanol–water partition coefficient (Wildman–Crippen LogP) is -0.852. The van der Waals surface area contributed by atoms with Gasteiger partial charge in [0.15, 0.2) is 0 Å². The van der Waals surface area contributed by atoms with Crippen LogP contribution >= 0.6 is 0 Å². The molecule has 1 fully saturated rings. The second-order valence-electron chi connectivity index (χ2n) is 2.56. The van der Waals surface area contributed by atoms with E-state index in [9.17, 15) is 9.59 Å². The van der Waals surface area contributed by atoms with E-state index in [-0.39, 0.29) is 18.5 Å². The molecule has 0 aliphatic carbocycles. The van der Waals surface area contributed by atoms with Crippen molar-refractivity contribution in [3.05, 3.63) is 0 Å². The molecule has 0 aromatic rings. The average molecular weight is 171 g/mol. The van der Waals surface area contributed by atoms with Crippen molar-refractivity contribution in [3.63, 3.8) is 0 Å². The lowest BCUT2D eigenvalue weighted by molar-refractivity contribution is -0.124. The minimum atomic E-state index is -0.280. The van der Waals surface area contributed by atoms with Crippen LogP contribution in [0.15, 0.2) is 0 Å². The Morgan fingerprint density at radius 1 is 1.58 bits per heavy atom. The zero-order valence-electron chi connectivity index (χ0n) is 7.09. The van der Waals surface area contributed by atoms with Crippen LogP contribution in [-0.2, 0) is 4.79 Å². The van der Waals surface area contributed by atoms with Crippen molar-refractivity contribution in [1.82, 2.24) is 15.5 Å². The van der Waals surface area contributed by atoms with Gasteiger partial charge in [-0.15, -0.1) is 0 Å². The molecule has 5 heteroatoms. The van der Waals surface area contributed by atoms with Crippen LogP contribution in [0.2, 0.25) is 0 Å². The Morgan fingerprint density at radius 3 is 2.83 bits per heavy atom. The summed E-state index contributed by atoms with van der Waals surface area (Å²) in [5.41, 5.74) is 0. The third-order valence-corrected chi connectivity index (χ3v) is 1.70. The number of nitrogens with zero attached hydrogens (tertiary/aromatic N) is 1. The lowest BCUT2D eigenvalue weighted by Crippen LogP contribution is -2.36. The highest BCUT2D eigenvalue weighted by molar-refractivity contribution is 6.01. The highest BCUT2D eigenvalue weighted by Gasteiger charge is 2.27. The monoisotopic (exact) mass is 171 g/mol. The Hall–Kier alpha value is -1.10. The van der Waals surface area contributed by atoms with Gasteiger partial charge in [0.05, 0.1) is 6.54 Å². The molecule has 2 N–H and O–H groups in total. The van der Waals surface area contributed by atoms with Crippen molar-refractivity contribution in [1.29, 1.82) is 0 Å². The van der Waals surface area contributed by atoms with Crippen molar-refractivity contribution >= 4 is 11.9 Å². The quantitative estimate of drug-likeness (QED) is 0.428. The number of urea groups is 1. The molecular formula is C7H13N3O2. The molecule has 0 aromatic carbocycles. The van der Waals surface area contributed by atoms with Gasteiger partial charge in [0.25, 0.3) is 0 Å². The first-order valence-electron chi connectivity index (χ1n) is 4.04. The maximum atomic E-state index is 11.0. The number of likely N-dealkylation sites (N-methyl/N-ethyl adjacent to an activating group) is 1. The summed E-state index contributed by atoms with van der Waals surface area (Å²) in [5, 5.41) is 5.50. The number of imide groups is 1. The predicted molar refractivity (Wildman–Crippen MR) is 43.7 cm³/mol. The van der Waals surface area contributed by atoms with Crippen molar-refractivity contribution < 1.29 is 9.59 Å². The molecule has 0 bridgehead atoms. The maximum Gasteiger partial charge on any atom is 0.324 e. The van der Waals surface area contributed by atoms with Crippen molar-refractivity contribution in [2.45, 2.75) is 6.92 Å². The lowest BCUT2D eigenvalue weighted by Gasteiger charge is -2.11. The average Bonchev–Trinajstić information content (AvgIpc) is 2.35. The standard InChI is InChI=1S/C7H13N3O2/c1-2-8-3-4-10-6(11)5-9-7(10)12/h8H,2-5H2,1H3,(H,9,12). The first-order valence-corrected chi connectivity index (χ1v) is 4.04. The normalized spacial score (nSPS) is 16.9. The maximum absolute atomic E-state index is 11.0. The van der Waals surface area contributed by atoms with E-state index in [4.69, 9.17) is 0 Å². The SMILES string of the molecule is CCNCCN1C(=O)CNC1=O. The minimum absolute atomic E-state index is 0.141. The van der Waals surface area contributed by atoms with Crippen LogP contribution < -0.4 is 10.6 Å². The van der Waals surface area contributed by atoms with Gasteiger partial charge in [0, 0.05) is 13.1 Å². The van der Waals surface area contributed by atoms with Crippen LogP contribution in [0.25, 0.3) is 0 Å². The second-order valence-corrected chi connectivity index (χ2v) is 2.56. The van der Waals surface area contributed by atoms with Gasteiger partial charge in [0.2, 0.25) is 5.91 Å². The van der Waals surface area contributed by atoms with E-state index in [1.54, 1.807) is 0 Å². The first kappa shape index (κ1) is 8.99. The molecule has 1 saturated heterocycles. The van der Waals surface area contributed by atoms with Gasteiger partial charge in [-0.3, -0.25) is 9.69 Å². The van der Waals surface area contributed by atoms with E-state index in [2.05, 4.69) is 10.6 Å². The molecular weight excluding hydrogens is 158 g/mol. The summed E-state index contributed by atoms with van der Waals surface area (Å²) in [7, 11) is 0. The Kier molecular flexibility index (Phi) is 3.04. The number of carbonyl (C=O) groups excluding carboxylic acids is 2. The van der Waals surface area contributed by atoms with E-state index < -0.39 is 0 Å². The van der Waals surface area contributed by atoms with E-state index in [0.717, 1.165) is 6.54 Å². The van der Waals surface area contributed by atoms with Gasteiger partial charge in [-0.1, -0.05) is 6.92 Å². The van der Waals surface area contributed by atoms with E-state index >= 15 is 0 Å². The summed E-state index contributed by atoms with van der Waals surface area (Å²) in [6.45, 7) is 4.09. The summed E-state index contributed by atoms with van der Waals surface area (Å²) in [6.07, 6.45) is 0.